The summed E-state index contributed by atoms with van der Waals surface area (Å²) in [4.78, 5) is 0. The van der Waals surface area contributed by atoms with Gasteiger partial charge >= 0.3 is 0 Å². The van der Waals surface area contributed by atoms with Gasteiger partial charge in [0.05, 0.1) is 8.07 Å². The van der Waals surface area contributed by atoms with Gasteiger partial charge in [-0.2, -0.15) is 0 Å². The largest absolute Gasteiger partial charge is 0.0722 e. The summed E-state index contributed by atoms with van der Waals surface area (Å²) >= 11 is 0. The summed E-state index contributed by atoms with van der Waals surface area (Å²) < 4.78 is 0. The Bertz CT molecular complexity index is 1620. The molecule has 0 bridgehead atoms. The molecule has 4 aromatic carbocycles. The van der Waals surface area contributed by atoms with Crippen LogP contribution in [0.15, 0.2) is 96.1 Å². The van der Waals surface area contributed by atoms with Gasteiger partial charge in [-0.15, -0.1) is 0 Å². The predicted octanol–water partition coefficient (Wildman–Crippen LogP) is 12.1. The smallest absolute Gasteiger partial charge is 0.0679 e. The molecule has 6 rings (SSSR count). The number of hydrogen-bond acceptors (Lipinski definition) is 0. The van der Waals surface area contributed by atoms with Gasteiger partial charge in [-0.25, -0.2) is 0 Å². The van der Waals surface area contributed by atoms with Gasteiger partial charge in [0.15, 0.2) is 0 Å². The zero-order chi connectivity index (χ0) is 30.9. The zero-order valence-electron chi connectivity index (χ0n) is 27.9. The quantitative estimate of drug-likeness (QED) is 0.211. The van der Waals surface area contributed by atoms with Crippen LogP contribution in [-0.4, -0.2) is 8.07 Å². The van der Waals surface area contributed by atoms with E-state index >= 15 is 0 Å². The van der Waals surface area contributed by atoms with Gasteiger partial charge in [0.2, 0.25) is 0 Å². The highest BCUT2D eigenvalue weighted by Gasteiger charge is 2.48. The molecule has 0 aromatic heterocycles. The number of allylic oxidation sites excluding steroid dienone is 2. The van der Waals surface area contributed by atoms with Crippen LogP contribution in [0.1, 0.15) is 99.9 Å². The van der Waals surface area contributed by atoms with Gasteiger partial charge in [-0.1, -0.05) is 163 Å². The highest BCUT2D eigenvalue weighted by molar-refractivity contribution is 6.81. The van der Waals surface area contributed by atoms with Crippen LogP contribution in [0.5, 0.6) is 0 Å². The van der Waals surface area contributed by atoms with Crippen LogP contribution in [0.25, 0.3) is 34.4 Å². The lowest BCUT2D eigenvalue weighted by atomic mass is 9.82. The molecule has 2 aliphatic rings. The third kappa shape index (κ3) is 5.10. The maximum Gasteiger partial charge on any atom is 0.0722 e. The average molecular weight is 581 g/mol. The standard InChI is InChI=1S/C42H48Si/c1-27-21-35-33(29-17-13-11-14-18-29)23-31(41(3,4)5)25-37(35)39(27)43(9,10)40-28(2)22-36-34(30-19-15-12-16-20-30)24-32(26-38(36)40)42(6,7)8/h11-26,39-40H,1-10H3. The minimum Gasteiger partial charge on any atom is -0.0679 e. The molecule has 220 valence electrons. The molecule has 0 spiro atoms. The molecular formula is C42H48Si. The summed E-state index contributed by atoms with van der Waals surface area (Å²) in [5, 5.41) is 0. The van der Waals surface area contributed by atoms with E-state index in [0.29, 0.717) is 11.1 Å². The minimum atomic E-state index is -2.01. The summed E-state index contributed by atoms with van der Waals surface area (Å²) in [5.74, 6) is 0. The summed E-state index contributed by atoms with van der Waals surface area (Å²) in [5.41, 5.74) is 18.4. The summed E-state index contributed by atoms with van der Waals surface area (Å²) in [7, 11) is -2.01. The van der Waals surface area contributed by atoms with E-state index in [1.165, 1.54) is 55.7 Å². The topological polar surface area (TPSA) is 0 Å². The highest BCUT2D eigenvalue weighted by atomic mass is 28.3. The molecular weight excluding hydrogens is 533 g/mol. The molecule has 0 saturated carbocycles. The van der Waals surface area contributed by atoms with Crippen LogP contribution >= 0.6 is 0 Å². The minimum absolute atomic E-state index is 0.0767. The fourth-order valence-electron chi connectivity index (χ4n) is 7.98. The Morgan fingerprint density at radius 1 is 0.512 bits per heavy atom. The molecule has 0 nitrogen and oxygen atoms in total. The molecule has 2 aliphatic carbocycles. The third-order valence-corrected chi connectivity index (χ3v) is 14.6. The maximum absolute atomic E-state index is 2.67. The molecule has 0 aliphatic heterocycles. The predicted molar refractivity (Wildman–Crippen MR) is 191 cm³/mol. The number of fused-ring (bicyclic) bond motifs is 2. The molecule has 0 fully saturated rings. The Kier molecular flexibility index (Phi) is 7.13. The first-order valence-electron chi connectivity index (χ1n) is 16.0. The first-order valence-corrected chi connectivity index (χ1v) is 19.2. The van der Waals surface area contributed by atoms with Gasteiger partial charge < -0.3 is 0 Å². The third-order valence-electron chi connectivity index (χ3n) is 10.1. The van der Waals surface area contributed by atoms with Crippen molar-refractivity contribution in [2.75, 3.05) is 0 Å². The van der Waals surface area contributed by atoms with E-state index in [-0.39, 0.29) is 10.8 Å². The Hall–Kier alpha value is -3.42. The van der Waals surface area contributed by atoms with Crippen molar-refractivity contribution in [1.29, 1.82) is 0 Å². The maximum atomic E-state index is 2.67. The van der Waals surface area contributed by atoms with E-state index in [2.05, 4.69) is 166 Å². The average Bonchev–Trinajstić information content (AvgIpc) is 3.48. The normalized spacial score (nSPS) is 18.3. The monoisotopic (exact) mass is 580 g/mol. The highest BCUT2D eigenvalue weighted by Crippen LogP contribution is 2.55. The van der Waals surface area contributed by atoms with Crippen molar-refractivity contribution in [1.82, 2.24) is 0 Å². The molecule has 2 atom stereocenters. The SMILES string of the molecule is CC1=Cc2c(-c3ccccc3)cc(C(C)(C)C)cc2C1[Si](C)(C)C1C(C)=Cc2c(-c3ccccc3)cc(C(C)(C)C)cc21. The molecule has 0 heterocycles. The summed E-state index contributed by atoms with van der Waals surface area (Å²) in [6, 6.07) is 32.1. The Morgan fingerprint density at radius 3 is 1.19 bits per heavy atom. The Morgan fingerprint density at radius 2 is 0.860 bits per heavy atom. The number of benzene rings is 4. The molecule has 2 unspecified atom stereocenters. The van der Waals surface area contributed by atoms with Crippen molar-refractivity contribution in [3.05, 3.63) is 129 Å². The van der Waals surface area contributed by atoms with Crippen LogP contribution in [0.4, 0.5) is 0 Å². The van der Waals surface area contributed by atoms with Crippen LogP contribution < -0.4 is 0 Å². The van der Waals surface area contributed by atoms with Crippen LogP contribution in [0.2, 0.25) is 13.1 Å². The number of rotatable bonds is 4. The van der Waals surface area contributed by atoms with Crippen LogP contribution in [0, 0.1) is 0 Å². The Balaban J connectivity index is 1.55. The lowest BCUT2D eigenvalue weighted by molar-refractivity contribution is 0.589. The van der Waals surface area contributed by atoms with Gasteiger partial charge in [0.25, 0.3) is 0 Å². The lowest BCUT2D eigenvalue weighted by Crippen LogP contribution is -2.42. The second kappa shape index (κ2) is 10.3. The van der Waals surface area contributed by atoms with Crippen molar-refractivity contribution < 1.29 is 0 Å². The van der Waals surface area contributed by atoms with Crippen LogP contribution in [0.3, 0.4) is 0 Å². The summed E-state index contributed by atoms with van der Waals surface area (Å²) in [6.07, 6.45) is 5.05. The van der Waals surface area contributed by atoms with Gasteiger partial charge in [-0.3, -0.25) is 0 Å². The van der Waals surface area contributed by atoms with E-state index in [4.69, 9.17) is 0 Å². The molecule has 0 amide bonds. The van der Waals surface area contributed by atoms with Crippen molar-refractivity contribution in [3.8, 4) is 22.3 Å². The van der Waals surface area contributed by atoms with Gasteiger partial charge in [0.1, 0.15) is 0 Å². The molecule has 0 N–H and O–H groups in total. The fraction of sp³-hybridized carbons (Fsp3) is 0.333. The first-order chi connectivity index (χ1) is 20.2. The van der Waals surface area contributed by atoms with Gasteiger partial charge in [0, 0.05) is 11.1 Å². The van der Waals surface area contributed by atoms with Crippen molar-refractivity contribution in [2.24, 2.45) is 0 Å². The van der Waals surface area contributed by atoms with E-state index in [1.807, 2.05) is 0 Å². The second-order valence-electron chi connectivity index (χ2n) is 15.7. The molecule has 0 radical (unpaired) electrons. The lowest BCUT2D eigenvalue weighted by Gasteiger charge is -2.40. The Labute approximate surface area is 261 Å². The second-order valence-corrected chi connectivity index (χ2v) is 20.5. The van der Waals surface area contributed by atoms with Crippen molar-refractivity contribution in [3.63, 3.8) is 0 Å². The molecule has 1 heteroatoms. The van der Waals surface area contributed by atoms with Crippen molar-refractivity contribution in [2.45, 2.75) is 90.4 Å². The molecule has 4 aromatic rings. The van der Waals surface area contributed by atoms with Crippen molar-refractivity contribution >= 4 is 20.2 Å². The number of hydrogen-bond donors (Lipinski definition) is 0. The molecule has 43 heavy (non-hydrogen) atoms. The summed E-state index contributed by atoms with van der Waals surface area (Å²) in [6.45, 7) is 24.3. The first kappa shape index (κ1) is 29.6. The van der Waals surface area contributed by atoms with E-state index < -0.39 is 8.07 Å². The van der Waals surface area contributed by atoms with Crippen LogP contribution in [-0.2, 0) is 10.8 Å². The van der Waals surface area contributed by atoms with E-state index in [9.17, 15) is 0 Å². The zero-order valence-corrected chi connectivity index (χ0v) is 28.9. The fourth-order valence-corrected chi connectivity index (χ4v) is 12.9. The van der Waals surface area contributed by atoms with E-state index in [0.717, 1.165) is 0 Å². The molecule has 0 saturated heterocycles. The van der Waals surface area contributed by atoms with E-state index in [1.54, 1.807) is 11.1 Å². The van der Waals surface area contributed by atoms with Gasteiger partial charge in [-0.05, 0) is 80.3 Å².